The standard InChI is InChI=1S/C11H21N3O3/c1-13-11(16)9-4-3-5-14(9)10(15)6-8(7-12)17-2/h8-9H,3-7,12H2,1-2H3,(H,13,16). The lowest BCUT2D eigenvalue weighted by Crippen LogP contribution is -2.46. The van der Waals surface area contributed by atoms with E-state index in [0.29, 0.717) is 13.1 Å². The Hall–Kier alpha value is -1.14. The number of nitrogens with one attached hydrogen (secondary N) is 1. The van der Waals surface area contributed by atoms with Crippen LogP contribution in [0.4, 0.5) is 0 Å². The third-order valence-electron chi connectivity index (χ3n) is 3.12. The van der Waals surface area contributed by atoms with Crippen LogP contribution in [0.5, 0.6) is 0 Å². The fourth-order valence-electron chi connectivity index (χ4n) is 2.08. The van der Waals surface area contributed by atoms with Crippen molar-refractivity contribution in [2.24, 2.45) is 5.73 Å². The third-order valence-corrected chi connectivity index (χ3v) is 3.12. The van der Waals surface area contributed by atoms with Crippen LogP contribution < -0.4 is 11.1 Å². The van der Waals surface area contributed by atoms with E-state index in [1.165, 1.54) is 7.11 Å². The molecule has 0 aromatic heterocycles. The minimum absolute atomic E-state index is 0.0617. The van der Waals surface area contributed by atoms with Crippen molar-refractivity contribution in [3.05, 3.63) is 0 Å². The molecule has 6 heteroatoms. The maximum atomic E-state index is 12.0. The molecule has 1 saturated heterocycles. The molecule has 0 radical (unpaired) electrons. The van der Waals surface area contributed by atoms with E-state index in [1.54, 1.807) is 11.9 Å². The summed E-state index contributed by atoms with van der Waals surface area (Å²) in [5.74, 6) is -0.161. The molecule has 98 valence electrons. The van der Waals surface area contributed by atoms with Gasteiger partial charge in [-0.1, -0.05) is 0 Å². The first kappa shape index (κ1) is 13.9. The maximum absolute atomic E-state index is 12.0. The highest BCUT2D eigenvalue weighted by Crippen LogP contribution is 2.19. The van der Waals surface area contributed by atoms with E-state index in [0.717, 1.165) is 12.8 Å². The van der Waals surface area contributed by atoms with Crippen molar-refractivity contribution in [1.29, 1.82) is 0 Å². The second kappa shape index (κ2) is 6.56. The van der Waals surface area contributed by atoms with Gasteiger partial charge in [0.2, 0.25) is 11.8 Å². The normalized spacial score (nSPS) is 21.4. The van der Waals surface area contributed by atoms with Gasteiger partial charge in [0.1, 0.15) is 6.04 Å². The summed E-state index contributed by atoms with van der Waals surface area (Å²) in [7, 11) is 3.12. The molecule has 1 rings (SSSR count). The van der Waals surface area contributed by atoms with Crippen molar-refractivity contribution < 1.29 is 14.3 Å². The van der Waals surface area contributed by atoms with Crippen LogP contribution >= 0.6 is 0 Å². The number of methoxy groups -OCH3 is 1. The zero-order valence-electron chi connectivity index (χ0n) is 10.4. The minimum Gasteiger partial charge on any atom is -0.380 e. The number of carbonyl (C=O) groups is 2. The van der Waals surface area contributed by atoms with Gasteiger partial charge in [-0.15, -0.1) is 0 Å². The van der Waals surface area contributed by atoms with Gasteiger partial charge in [-0.05, 0) is 12.8 Å². The van der Waals surface area contributed by atoms with Crippen LogP contribution in [0.25, 0.3) is 0 Å². The molecule has 1 fully saturated rings. The van der Waals surface area contributed by atoms with E-state index < -0.39 is 0 Å². The van der Waals surface area contributed by atoms with Crippen LogP contribution in [0.2, 0.25) is 0 Å². The summed E-state index contributed by atoms with van der Waals surface area (Å²) in [4.78, 5) is 25.2. The predicted molar refractivity (Wildman–Crippen MR) is 63.3 cm³/mol. The van der Waals surface area contributed by atoms with Crippen molar-refractivity contribution >= 4 is 11.8 Å². The molecule has 2 amide bonds. The summed E-state index contributed by atoms with van der Waals surface area (Å²) >= 11 is 0. The fourth-order valence-corrected chi connectivity index (χ4v) is 2.08. The lowest BCUT2D eigenvalue weighted by Gasteiger charge is -2.25. The van der Waals surface area contributed by atoms with E-state index in [2.05, 4.69) is 5.32 Å². The molecular weight excluding hydrogens is 222 g/mol. The van der Waals surface area contributed by atoms with E-state index >= 15 is 0 Å². The monoisotopic (exact) mass is 243 g/mol. The molecule has 0 aliphatic carbocycles. The Morgan fingerprint density at radius 3 is 2.82 bits per heavy atom. The third kappa shape index (κ3) is 3.41. The first-order valence-corrected chi connectivity index (χ1v) is 5.88. The summed E-state index contributed by atoms with van der Waals surface area (Å²) in [6, 6.07) is -0.331. The van der Waals surface area contributed by atoms with Gasteiger partial charge in [0.05, 0.1) is 12.5 Å². The smallest absolute Gasteiger partial charge is 0.242 e. The van der Waals surface area contributed by atoms with Crippen molar-refractivity contribution in [2.75, 3.05) is 27.2 Å². The van der Waals surface area contributed by atoms with Crippen LogP contribution in [0.1, 0.15) is 19.3 Å². The number of nitrogens with zero attached hydrogens (tertiary/aromatic N) is 1. The summed E-state index contributed by atoms with van der Waals surface area (Å²) in [6.07, 6.45) is 1.56. The quantitative estimate of drug-likeness (QED) is 0.654. The van der Waals surface area contributed by atoms with Crippen LogP contribution in [-0.4, -0.2) is 56.1 Å². The lowest BCUT2D eigenvalue weighted by atomic mass is 10.2. The molecular formula is C11H21N3O3. The molecule has 2 unspecified atom stereocenters. The summed E-state index contributed by atoms with van der Waals surface area (Å²) in [6.45, 7) is 0.943. The molecule has 0 aromatic rings. The zero-order chi connectivity index (χ0) is 12.8. The van der Waals surface area contributed by atoms with Crippen LogP contribution in [0, 0.1) is 0 Å². The first-order chi connectivity index (χ1) is 8.13. The van der Waals surface area contributed by atoms with Crippen molar-refractivity contribution in [1.82, 2.24) is 10.2 Å². The van der Waals surface area contributed by atoms with E-state index in [9.17, 15) is 9.59 Å². The number of rotatable bonds is 5. The minimum atomic E-state index is -0.331. The number of hydrogen-bond donors (Lipinski definition) is 2. The Labute approximate surface area is 101 Å². The largest absolute Gasteiger partial charge is 0.380 e. The number of carbonyl (C=O) groups excluding carboxylic acids is 2. The summed E-state index contributed by atoms with van der Waals surface area (Å²) in [5.41, 5.74) is 5.48. The maximum Gasteiger partial charge on any atom is 0.242 e. The lowest BCUT2D eigenvalue weighted by molar-refractivity contribution is -0.140. The van der Waals surface area contributed by atoms with Crippen LogP contribution in [0.3, 0.4) is 0 Å². The molecule has 0 aromatic carbocycles. The molecule has 17 heavy (non-hydrogen) atoms. The van der Waals surface area contributed by atoms with Gasteiger partial charge in [0.25, 0.3) is 0 Å². The first-order valence-electron chi connectivity index (χ1n) is 5.88. The molecule has 2 atom stereocenters. The molecule has 6 nitrogen and oxygen atoms in total. The highest BCUT2D eigenvalue weighted by atomic mass is 16.5. The Morgan fingerprint density at radius 1 is 1.59 bits per heavy atom. The topological polar surface area (TPSA) is 84.7 Å². The van der Waals surface area contributed by atoms with Gasteiger partial charge < -0.3 is 20.7 Å². The average molecular weight is 243 g/mol. The Kier molecular flexibility index (Phi) is 5.37. The second-order valence-electron chi connectivity index (χ2n) is 4.16. The van der Waals surface area contributed by atoms with E-state index in [1.807, 2.05) is 0 Å². The summed E-state index contributed by atoms with van der Waals surface area (Å²) in [5, 5.41) is 2.58. The highest BCUT2D eigenvalue weighted by molar-refractivity contribution is 5.88. The molecule has 0 spiro atoms. The van der Waals surface area contributed by atoms with Crippen LogP contribution in [0.15, 0.2) is 0 Å². The number of amides is 2. The molecule has 3 N–H and O–H groups in total. The van der Waals surface area contributed by atoms with E-state index in [4.69, 9.17) is 10.5 Å². The fraction of sp³-hybridized carbons (Fsp3) is 0.818. The van der Waals surface area contributed by atoms with Gasteiger partial charge in [-0.25, -0.2) is 0 Å². The highest BCUT2D eigenvalue weighted by Gasteiger charge is 2.33. The van der Waals surface area contributed by atoms with Crippen LogP contribution in [-0.2, 0) is 14.3 Å². The molecule has 1 heterocycles. The Balaban J connectivity index is 2.58. The van der Waals surface area contributed by atoms with Gasteiger partial charge in [0.15, 0.2) is 0 Å². The van der Waals surface area contributed by atoms with Crippen molar-refractivity contribution in [3.63, 3.8) is 0 Å². The van der Waals surface area contributed by atoms with E-state index in [-0.39, 0.29) is 30.4 Å². The van der Waals surface area contributed by atoms with Gasteiger partial charge in [-0.2, -0.15) is 0 Å². The number of ether oxygens (including phenoxy) is 1. The average Bonchev–Trinajstić information content (AvgIpc) is 2.83. The Morgan fingerprint density at radius 2 is 2.29 bits per heavy atom. The van der Waals surface area contributed by atoms with Gasteiger partial charge >= 0.3 is 0 Å². The number of likely N-dealkylation sites (N-methyl/N-ethyl adjacent to an activating group) is 1. The van der Waals surface area contributed by atoms with Crippen molar-refractivity contribution in [3.8, 4) is 0 Å². The predicted octanol–water partition coefficient (Wildman–Crippen LogP) is -0.913. The Bertz CT molecular complexity index is 279. The van der Waals surface area contributed by atoms with Gasteiger partial charge in [-0.3, -0.25) is 9.59 Å². The van der Waals surface area contributed by atoms with Crippen molar-refractivity contribution in [2.45, 2.75) is 31.4 Å². The number of hydrogen-bond acceptors (Lipinski definition) is 4. The SMILES string of the molecule is CNC(=O)C1CCCN1C(=O)CC(CN)OC. The van der Waals surface area contributed by atoms with Gasteiger partial charge in [0, 0.05) is 27.2 Å². The second-order valence-corrected chi connectivity index (χ2v) is 4.16. The molecule has 1 aliphatic rings. The molecule has 0 saturated carbocycles. The number of likely N-dealkylation sites (tertiary alicyclic amines) is 1. The zero-order valence-corrected chi connectivity index (χ0v) is 10.4. The number of nitrogens with two attached hydrogens (primary N) is 1. The molecule has 0 bridgehead atoms. The molecule has 1 aliphatic heterocycles. The summed E-state index contributed by atoms with van der Waals surface area (Å²) < 4.78 is 5.08.